The number of rotatable bonds is 18. The summed E-state index contributed by atoms with van der Waals surface area (Å²) in [7, 11) is -15.4. The van der Waals surface area contributed by atoms with Crippen molar-refractivity contribution in [3.8, 4) is 0 Å². The third-order valence-electron chi connectivity index (χ3n) is 21.6. The number of imidazole rings is 4. The van der Waals surface area contributed by atoms with E-state index in [1.807, 2.05) is 45.7 Å². The Morgan fingerprint density at radius 1 is 0.470 bits per heavy atom. The summed E-state index contributed by atoms with van der Waals surface area (Å²) in [6, 6.07) is 7.16. The quantitative estimate of drug-likeness (QED) is 0.0370. The zero-order valence-electron chi connectivity index (χ0n) is 61.4. The fourth-order valence-corrected chi connectivity index (χ4v) is 20.6. The fourth-order valence-electron chi connectivity index (χ4n) is 15.9. The molecule has 0 atom stereocenters. The number of fused-ring (bicyclic) bond motifs is 13. The summed E-state index contributed by atoms with van der Waals surface area (Å²) in [5.74, 6) is -2.42. The van der Waals surface area contributed by atoms with Crippen LogP contribution in [0.25, 0.3) is 78.2 Å². The number of H-pyrrole nitrogens is 4. The first-order valence-electron chi connectivity index (χ1n) is 37.5. The van der Waals surface area contributed by atoms with Crippen molar-refractivity contribution >= 4 is 142 Å². The molecular formula is C71H79F5N22O13S4. The van der Waals surface area contributed by atoms with Crippen molar-refractivity contribution in [2.75, 3.05) is 90.6 Å². The molecule has 20 rings (SSSR count). The van der Waals surface area contributed by atoms with Gasteiger partial charge in [0.15, 0.2) is 74.0 Å². The van der Waals surface area contributed by atoms with Crippen LogP contribution in [0.3, 0.4) is 0 Å². The van der Waals surface area contributed by atoms with Crippen molar-refractivity contribution in [1.82, 2.24) is 86.9 Å². The first kappa shape index (κ1) is 77.4. The third-order valence-corrected chi connectivity index (χ3v) is 27.2. The molecule has 18 heterocycles. The fraction of sp³-hybridized carbons (Fsp3) is 0.451. The van der Waals surface area contributed by atoms with Crippen molar-refractivity contribution in [3.63, 3.8) is 0 Å². The number of aromatic amines is 4. The van der Waals surface area contributed by atoms with Gasteiger partial charge in [-0.1, -0.05) is 30.1 Å². The molecular weight excluding hydrogens is 1590 g/mol. The number of nitrogens with zero attached hydrogens (tertiary/aromatic N) is 14. The molecule has 5 saturated heterocycles. The number of hydrogen-bond acceptors (Lipinski definition) is 22. The Hall–Kier alpha value is -10.2. The van der Waals surface area contributed by atoms with Crippen LogP contribution in [0.15, 0.2) is 103 Å². The molecule has 6 aliphatic rings. The number of para-hydroxylation sites is 1. The smallest absolute Gasteiger partial charge is 0.381 e. The number of benzene rings is 1. The van der Waals surface area contributed by atoms with Crippen LogP contribution in [0.1, 0.15) is 135 Å². The van der Waals surface area contributed by atoms with Gasteiger partial charge in [0.25, 0.3) is 5.92 Å². The van der Waals surface area contributed by atoms with Crippen LogP contribution in [-0.2, 0) is 65.0 Å². The number of nitrogens with one attached hydrogen (secondary N) is 8. The molecule has 44 heteroatoms. The highest BCUT2D eigenvalue weighted by Crippen LogP contribution is 2.39. The molecule has 0 amide bonds. The van der Waals surface area contributed by atoms with Crippen molar-refractivity contribution in [1.29, 1.82) is 0 Å². The van der Waals surface area contributed by atoms with Gasteiger partial charge in [-0.25, -0.2) is 73.9 Å². The van der Waals surface area contributed by atoms with Gasteiger partial charge in [-0.3, -0.25) is 36.5 Å². The van der Waals surface area contributed by atoms with Crippen LogP contribution in [-0.4, -0.2) is 210 Å². The third kappa shape index (κ3) is 16.6. The van der Waals surface area contributed by atoms with Gasteiger partial charge in [0.1, 0.15) is 11.4 Å². The number of alkyl halides is 5. The van der Waals surface area contributed by atoms with E-state index < -0.39 is 77.6 Å². The topological polar surface area (TPSA) is 435 Å². The van der Waals surface area contributed by atoms with E-state index in [1.165, 1.54) is 24.2 Å². The molecule has 0 bridgehead atoms. The van der Waals surface area contributed by atoms with Crippen LogP contribution in [0, 0.1) is 0 Å². The number of aromatic nitrogens is 17. The number of ether oxygens (including phenoxy) is 4. The van der Waals surface area contributed by atoms with E-state index in [0.717, 1.165) is 154 Å². The standard InChI is InChI=1S/C21H20N6O4S.C18H23N5O3S.C16H18F3N5O3S.C16H18F2N6O3S/c28-32(29,12-16-14-3-1-2-4-17(14)31-25-16)26-18-11-27-19(24-18)10-23-21-20(27)15(9-22-21)13-5-7-30-8-6-13;24-27(25,13-3-1-2-4-13)22-15-11-23-16(21-15)10-20-18-17(23)14(9-19-18)12-5-7-26-8-6-12;17-16(18,19)3-6-28(25,26)23-12-9-24-13(22-12)8-21-15-14(24)11(7-20-15)10-1-4-27-5-2-10;17-16(18)8-23(9-16)28(25,26)22-12-7-24-13(21-12)6-20-15-14(24)11(5-19-15)10-1-3-27-4-2-10/h1-4,9-11,13,22,26H,5-8,12H2;9-13,19,22H,1-8H2;7-10,20,23H,1-6H2;5-7,10,19,22H,1-4,8-9H2. The summed E-state index contributed by atoms with van der Waals surface area (Å²) in [6.45, 7) is 4.03. The minimum atomic E-state index is -4.55. The normalized spacial score (nSPS) is 18.3. The second-order valence-corrected chi connectivity index (χ2v) is 36.5. The predicted molar refractivity (Wildman–Crippen MR) is 413 cm³/mol. The highest BCUT2D eigenvalue weighted by molar-refractivity contribution is 7.93. The lowest BCUT2D eigenvalue weighted by Crippen LogP contribution is -2.59. The maximum Gasteiger partial charge on any atom is 0.390 e. The average molecular weight is 1670 g/mol. The SMILES string of the molecule is O=S(=O)(CCC(F)(F)F)Nc1cn2c(cnc3[nH]cc(C4CCOCC4)c32)n1.O=S(=O)(Cc1noc2ccccc12)Nc1cn2c(cnc3[nH]cc(C4CCOCC4)c32)n1.O=S(=O)(Nc1cn2c(cnc3[nH]cc(C4CCOCC4)c32)n1)C1CCCC1.O=S(=O)(Nc1cn2c(cnc3[nH]cc(C4CCOCC4)c32)n1)N1CC(F)(F)C1. The lowest BCUT2D eigenvalue weighted by atomic mass is 9.93. The van der Waals surface area contributed by atoms with E-state index in [9.17, 15) is 55.6 Å². The highest BCUT2D eigenvalue weighted by Gasteiger charge is 2.50. The van der Waals surface area contributed by atoms with E-state index in [0.29, 0.717) is 105 Å². The predicted octanol–water partition coefficient (Wildman–Crippen LogP) is 10.5. The van der Waals surface area contributed by atoms with E-state index in [-0.39, 0.29) is 34.4 Å². The molecule has 0 unspecified atom stereocenters. The molecule has 6 fully saturated rings. The largest absolute Gasteiger partial charge is 0.390 e. The minimum Gasteiger partial charge on any atom is -0.381 e. The Morgan fingerprint density at radius 2 is 0.826 bits per heavy atom. The summed E-state index contributed by atoms with van der Waals surface area (Å²) in [4.78, 5) is 47.6. The summed E-state index contributed by atoms with van der Waals surface area (Å²) >= 11 is 0. The molecule has 35 nitrogen and oxygen atoms in total. The maximum absolute atomic E-state index is 13.0. The summed E-state index contributed by atoms with van der Waals surface area (Å²) in [5.41, 5.74) is 13.7. The Bertz CT molecular complexity index is 6390. The Kier molecular flexibility index (Phi) is 20.9. The molecule has 13 aromatic heterocycles. The summed E-state index contributed by atoms with van der Waals surface area (Å²) in [6.07, 6.45) is 25.2. The summed E-state index contributed by atoms with van der Waals surface area (Å²) < 4.78 is 207. The second-order valence-electron chi connectivity index (χ2n) is 29.3. The number of halogens is 5. The van der Waals surface area contributed by atoms with Gasteiger partial charge in [0, 0.05) is 83.0 Å². The van der Waals surface area contributed by atoms with Gasteiger partial charge in [-0.05, 0) is 122 Å². The van der Waals surface area contributed by atoms with E-state index in [2.05, 4.69) is 83.9 Å². The van der Waals surface area contributed by atoms with E-state index in [4.69, 9.17) is 23.5 Å². The number of anilines is 4. The lowest BCUT2D eigenvalue weighted by Gasteiger charge is -2.37. The molecule has 8 N–H and O–H groups in total. The zero-order chi connectivity index (χ0) is 79.6. The van der Waals surface area contributed by atoms with Crippen LogP contribution in [0.2, 0.25) is 0 Å². The Labute approximate surface area is 651 Å². The van der Waals surface area contributed by atoms with E-state index >= 15 is 0 Å². The molecule has 5 aliphatic heterocycles. The van der Waals surface area contributed by atoms with Crippen LogP contribution >= 0.6 is 0 Å². The molecule has 610 valence electrons. The van der Waals surface area contributed by atoms with Crippen molar-refractivity contribution in [3.05, 3.63) is 127 Å². The molecule has 1 aromatic carbocycles. The van der Waals surface area contributed by atoms with Crippen molar-refractivity contribution in [2.45, 2.75) is 130 Å². The van der Waals surface area contributed by atoms with Gasteiger partial charge in [0.2, 0.25) is 30.1 Å². The molecule has 0 radical (unpaired) electrons. The van der Waals surface area contributed by atoms with E-state index in [1.54, 1.807) is 51.9 Å². The Morgan fingerprint density at radius 3 is 1.20 bits per heavy atom. The van der Waals surface area contributed by atoms with Crippen molar-refractivity contribution in [2.24, 2.45) is 0 Å². The second kappa shape index (κ2) is 31.1. The monoisotopic (exact) mass is 1670 g/mol. The first-order valence-corrected chi connectivity index (χ1v) is 43.8. The molecule has 0 spiro atoms. The van der Waals surface area contributed by atoms with Crippen LogP contribution in [0.4, 0.5) is 45.2 Å². The Balaban J connectivity index is 0.000000111. The van der Waals surface area contributed by atoms with Gasteiger partial charge < -0.3 is 43.4 Å². The van der Waals surface area contributed by atoms with Crippen molar-refractivity contribution < 1.29 is 79.1 Å². The average Bonchev–Trinajstić information content (AvgIpc) is 1.67. The van der Waals surface area contributed by atoms with Crippen LogP contribution in [0.5, 0.6) is 0 Å². The number of sulfonamides is 3. The van der Waals surface area contributed by atoms with Gasteiger partial charge in [-0.2, -0.15) is 25.9 Å². The lowest BCUT2D eigenvalue weighted by molar-refractivity contribution is -0.129. The van der Waals surface area contributed by atoms with Crippen LogP contribution < -0.4 is 18.9 Å². The number of hydrogen-bond donors (Lipinski definition) is 8. The molecule has 1 saturated carbocycles. The molecule has 115 heavy (non-hydrogen) atoms. The molecule has 1 aliphatic carbocycles. The maximum atomic E-state index is 13.0. The zero-order valence-corrected chi connectivity index (χ0v) is 64.7. The molecule has 14 aromatic rings. The van der Waals surface area contributed by atoms with Gasteiger partial charge in [-0.15, -0.1) is 0 Å². The highest BCUT2D eigenvalue weighted by atomic mass is 32.2. The van der Waals surface area contributed by atoms with Gasteiger partial charge in [0.05, 0.1) is 102 Å². The minimum absolute atomic E-state index is 0.0457. The summed E-state index contributed by atoms with van der Waals surface area (Å²) in [5, 5.41) is 4.28. The first-order chi connectivity index (χ1) is 55.2. The van der Waals surface area contributed by atoms with Gasteiger partial charge >= 0.3 is 16.4 Å².